The van der Waals surface area contributed by atoms with Gasteiger partial charge in [-0.05, 0) is 44.2 Å². The lowest BCUT2D eigenvalue weighted by atomic mass is 10.1. The summed E-state index contributed by atoms with van der Waals surface area (Å²) in [5.41, 5.74) is 4.89. The fraction of sp³-hybridized carbons (Fsp3) is 0.444. The molecule has 2 aromatic rings. The molecule has 0 spiro atoms. The second-order valence-electron chi connectivity index (χ2n) is 5.89. The highest BCUT2D eigenvalue weighted by molar-refractivity contribution is 5.65. The van der Waals surface area contributed by atoms with Crippen LogP contribution in [0.25, 0.3) is 0 Å². The van der Waals surface area contributed by atoms with Gasteiger partial charge in [0.15, 0.2) is 0 Å². The molecule has 3 rings (SSSR count). The first-order valence-electron chi connectivity index (χ1n) is 8.19. The number of hydrogen-bond donors (Lipinski definition) is 2. The molecule has 0 aliphatic heterocycles. The van der Waals surface area contributed by atoms with E-state index >= 15 is 0 Å². The average molecular weight is 296 g/mol. The number of hydrogen-bond acceptors (Lipinski definition) is 4. The van der Waals surface area contributed by atoms with Crippen molar-refractivity contribution in [2.75, 3.05) is 17.2 Å². The lowest BCUT2D eigenvalue weighted by molar-refractivity contribution is 0.977. The zero-order chi connectivity index (χ0) is 15.5. The maximum Gasteiger partial charge on any atom is 0.224 e. The molecular weight excluding hydrogens is 272 g/mol. The minimum atomic E-state index is 0.614. The van der Waals surface area contributed by atoms with Crippen molar-refractivity contribution in [3.05, 3.63) is 41.1 Å². The molecule has 0 unspecified atom stereocenters. The summed E-state index contributed by atoms with van der Waals surface area (Å²) in [6.45, 7) is 7.21. The molecular formula is C18H24N4. The molecule has 1 aromatic heterocycles. The number of benzene rings is 1. The van der Waals surface area contributed by atoms with Gasteiger partial charge in [0, 0.05) is 24.2 Å². The number of para-hydroxylation sites is 1. The predicted molar refractivity (Wildman–Crippen MR) is 92.0 cm³/mol. The number of rotatable bonds is 6. The fourth-order valence-corrected chi connectivity index (χ4v) is 2.69. The minimum Gasteiger partial charge on any atom is -0.354 e. The van der Waals surface area contributed by atoms with Crippen molar-refractivity contribution in [1.29, 1.82) is 0 Å². The van der Waals surface area contributed by atoms with Crippen molar-refractivity contribution in [1.82, 2.24) is 9.97 Å². The van der Waals surface area contributed by atoms with Crippen LogP contribution in [-0.4, -0.2) is 16.5 Å². The Morgan fingerprint density at radius 1 is 1.18 bits per heavy atom. The maximum absolute atomic E-state index is 4.63. The van der Waals surface area contributed by atoms with Gasteiger partial charge in [0.2, 0.25) is 5.95 Å². The van der Waals surface area contributed by atoms with Crippen LogP contribution in [0.1, 0.15) is 49.4 Å². The largest absolute Gasteiger partial charge is 0.354 e. The number of nitrogens with zero attached hydrogens (tertiary/aromatic N) is 2. The molecule has 2 N–H and O–H groups in total. The van der Waals surface area contributed by atoms with Gasteiger partial charge in [-0.1, -0.05) is 25.1 Å². The minimum absolute atomic E-state index is 0.614. The van der Waals surface area contributed by atoms with Gasteiger partial charge in [0.05, 0.1) is 5.69 Å². The first kappa shape index (κ1) is 14.8. The van der Waals surface area contributed by atoms with Gasteiger partial charge in [0.1, 0.15) is 5.82 Å². The maximum atomic E-state index is 4.63. The smallest absolute Gasteiger partial charge is 0.224 e. The Hall–Kier alpha value is -2.10. The van der Waals surface area contributed by atoms with Crippen LogP contribution in [0.15, 0.2) is 24.3 Å². The molecule has 1 fully saturated rings. The summed E-state index contributed by atoms with van der Waals surface area (Å²) in [4.78, 5) is 9.24. The summed E-state index contributed by atoms with van der Waals surface area (Å²) in [6.07, 6.45) is 3.49. The molecule has 0 atom stereocenters. The highest BCUT2D eigenvalue weighted by Crippen LogP contribution is 2.40. The van der Waals surface area contributed by atoms with Gasteiger partial charge in [-0.2, -0.15) is 4.98 Å². The van der Waals surface area contributed by atoms with Crippen LogP contribution in [0.2, 0.25) is 0 Å². The Labute approximate surface area is 132 Å². The predicted octanol–water partition coefficient (Wildman–Crippen LogP) is 4.40. The SMILES string of the molecule is CCNc1nc(Nc2c(C)cccc2CC)cc(C2CC2)n1. The summed E-state index contributed by atoms with van der Waals surface area (Å²) in [6, 6.07) is 8.52. The molecule has 0 amide bonds. The summed E-state index contributed by atoms with van der Waals surface area (Å²) in [5.74, 6) is 2.22. The van der Waals surface area contributed by atoms with E-state index in [-0.39, 0.29) is 0 Å². The van der Waals surface area contributed by atoms with E-state index < -0.39 is 0 Å². The molecule has 1 aromatic carbocycles. The van der Waals surface area contributed by atoms with Gasteiger partial charge in [0.25, 0.3) is 0 Å². The Morgan fingerprint density at radius 2 is 2.00 bits per heavy atom. The van der Waals surface area contributed by atoms with E-state index in [2.05, 4.69) is 65.6 Å². The number of nitrogens with one attached hydrogen (secondary N) is 2. The second kappa shape index (κ2) is 6.34. The Morgan fingerprint density at radius 3 is 2.68 bits per heavy atom. The number of aryl methyl sites for hydroxylation is 2. The van der Waals surface area contributed by atoms with Crippen LogP contribution in [0.3, 0.4) is 0 Å². The lowest BCUT2D eigenvalue weighted by Gasteiger charge is -2.15. The van der Waals surface area contributed by atoms with Crippen LogP contribution in [-0.2, 0) is 6.42 Å². The molecule has 116 valence electrons. The quantitative estimate of drug-likeness (QED) is 0.829. The summed E-state index contributed by atoms with van der Waals surface area (Å²) in [7, 11) is 0. The second-order valence-corrected chi connectivity index (χ2v) is 5.89. The van der Waals surface area contributed by atoms with Crippen molar-refractivity contribution in [3.63, 3.8) is 0 Å². The zero-order valence-corrected chi connectivity index (χ0v) is 13.6. The van der Waals surface area contributed by atoms with Crippen LogP contribution in [0.4, 0.5) is 17.5 Å². The average Bonchev–Trinajstić information content (AvgIpc) is 3.34. The van der Waals surface area contributed by atoms with Crippen molar-refractivity contribution >= 4 is 17.5 Å². The summed E-state index contributed by atoms with van der Waals surface area (Å²) >= 11 is 0. The van der Waals surface area contributed by atoms with E-state index in [1.54, 1.807) is 0 Å². The van der Waals surface area contributed by atoms with Crippen LogP contribution in [0.5, 0.6) is 0 Å². The van der Waals surface area contributed by atoms with Crippen LogP contribution < -0.4 is 10.6 Å². The summed E-state index contributed by atoms with van der Waals surface area (Å²) < 4.78 is 0. The van der Waals surface area contributed by atoms with Crippen LogP contribution in [0, 0.1) is 6.92 Å². The van der Waals surface area contributed by atoms with E-state index in [1.807, 2.05) is 0 Å². The molecule has 22 heavy (non-hydrogen) atoms. The van der Waals surface area contributed by atoms with E-state index in [0.29, 0.717) is 5.92 Å². The monoisotopic (exact) mass is 296 g/mol. The van der Waals surface area contributed by atoms with Gasteiger partial charge in [-0.15, -0.1) is 0 Å². The van der Waals surface area contributed by atoms with E-state index in [4.69, 9.17) is 0 Å². The lowest BCUT2D eigenvalue weighted by Crippen LogP contribution is -2.07. The first-order chi connectivity index (χ1) is 10.7. The van der Waals surface area contributed by atoms with Gasteiger partial charge in [-0.3, -0.25) is 0 Å². The number of anilines is 3. The van der Waals surface area contributed by atoms with E-state index in [9.17, 15) is 0 Å². The third-order valence-electron chi connectivity index (χ3n) is 4.07. The molecule has 0 bridgehead atoms. The highest BCUT2D eigenvalue weighted by Gasteiger charge is 2.26. The summed E-state index contributed by atoms with van der Waals surface area (Å²) in [5, 5.41) is 6.76. The highest BCUT2D eigenvalue weighted by atomic mass is 15.1. The molecule has 1 aliphatic rings. The van der Waals surface area contributed by atoms with E-state index in [1.165, 1.54) is 29.7 Å². The molecule has 1 aliphatic carbocycles. The van der Waals surface area contributed by atoms with Crippen molar-refractivity contribution in [2.45, 2.75) is 46.0 Å². The molecule has 0 saturated heterocycles. The van der Waals surface area contributed by atoms with Crippen molar-refractivity contribution in [3.8, 4) is 0 Å². The van der Waals surface area contributed by atoms with Gasteiger partial charge >= 0.3 is 0 Å². The fourth-order valence-electron chi connectivity index (χ4n) is 2.69. The normalized spacial score (nSPS) is 14.0. The molecule has 4 heteroatoms. The van der Waals surface area contributed by atoms with Gasteiger partial charge < -0.3 is 10.6 Å². The Balaban J connectivity index is 1.94. The first-order valence-corrected chi connectivity index (χ1v) is 8.19. The van der Waals surface area contributed by atoms with Crippen LogP contribution >= 0.6 is 0 Å². The third-order valence-corrected chi connectivity index (χ3v) is 4.07. The van der Waals surface area contributed by atoms with Crippen molar-refractivity contribution in [2.24, 2.45) is 0 Å². The van der Waals surface area contributed by atoms with Crippen molar-refractivity contribution < 1.29 is 0 Å². The Bertz CT molecular complexity index is 662. The standard InChI is InChI=1S/C18H24N4/c1-4-13-8-6-7-12(3)17(13)21-16-11-15(14-9-10-14)20-18(22-16)19-5-2/h6-8,11,14H,4-5,9-10H2,1-3H3,(H2,19,20,21,22). The van der Waals surface area contributed by atoms with E-state index in [0.717, 1.165) is 30.4 Å². The topological polar surface area (TPSA) is 49.8 Å². The Kier molecular flexibility index (Phi) is 4.27. The van der Waals surface area contributed by atoms with Gasteiger partial charge in [-0.25, -0.2) is 4.98 Å². The number of aromatic nitrogens is 2. The third kappa shape index (κ3) is 3.21. The molecule has 0 radical (unpaired) electrons. The molecule has 1 saturated carbocycles. The molecule has 1 heterocycles. The zero-order valence-electron chi connectivity index (χ0n) is 13.6. The molecule has 4 nitrogen and oxygen atoms in total.